The number of halogens is 3. The third-order valence-electron chi connectivity index (χ3n) is 3.89. The van der Waals surface area contributed by atoms with Crippen molar-refractivity contribution in [2.45, 2.75) is 25.1 Å². The van der Waals surface area contributed by atoms with Crippen LogP contribution in [0.3, 0.4) is 0 Å². The third kappa shape index (κ3) is 3.58. The molecule has 2 aliphatic rings. The van der Waals surface area contributed by atoms with E-state index in [1.54, 1.807) is 0 Å². The SMILES string of the molecule is O=C(O)C1COCCN1C(=O)N1CCC(C(F)(F)F)CC1. The summed E-state index contributed by atoms with van der Waals surface area (Å²) in [7, 11) is 0. The number of ether oxygens (including phenoxy) is 1. The largest absolute Gasteiger partial charge is 0.480 e. The Kier molecular flexibility index (Phi) is 4.60. The van der Waals surface area contributed by atoms with Crippen LogP contribution in [0, 0.1) is 5.92 Å². The number of nitrogens with zero attached hydrogens (tertiary/aromatic N) is 2. The van der Waals surface area contributed by atoms with Crippen molar-refractivity contribution < 1.29 is 32.6 Å². The van der Waals surface area contributed by atoms with Gasteiger partial charge in [-0.3, -0.25) is 0 Å². The molecule has 1 unspecified atom stereocenters. The quantitative estimate of drug-likeness (QED) is 0.789. The smallest absolute Gasteiger partial charge is 0.391 e. The summed E-state index contributed by atoms with van der Waals surface area (Å²) in [5.74, 6) is -2.56. The van der Waals surface area contributed by atoms with Gasteiger partial charge in [-0.1, -0.05) is 0 Å². The van der Waals surface area contributed by atoms with E-state index in [4.69, 9.17) is 9.84 Å². The molecule has 0 aromatic rings. The Hall–Kier alpha value is -1.51. The molecule has 2 saturated heterocycles. The summed E-state index contributed by atoms with van der Waals surface area (Å²) in [6.07, 6.45) is -4.52. The number of carbonyl (C=O) groups excluding carboxylic acids is 1. The zero-order chi connectivity index (χ0) is 15.6. The van der Waals surface area contributed by atoms with E-state index in [9.17, 15) is 22.8 Å². The van der Waals surface area contributed by atoms with Crippen LogP contribution in [-0.2, 0) is 9.53 Å². The average Bonchev–Trinajstić information content (AvgIpc) is 2.45. The molecule has 2 heterocycles. The molecule has 2 rings (SSSR count). The van der Waals surface area contributed by atoms with Crippen molar-refractivity contribution in [1.29, 1.82) is 0 Å². The lowest BCUT2D eigenvalue weighted by atomic mass is 9.96. The predicted octanol–water partition coefficient (Wildman–Crippen LogP) is 1.17. The lowest BCUT2D eigenvalue weighted by Crippen LogP contribution is -2.57. The normalized spacial score (nSPS) is 25.0. The molecule has 0 spiro atoms. The third-order valence-corrected chi connectivity index (χ3v) is 3.89. The van der Waals surface area contributed by atoms with E-state index < -0.39 is 30.1 Å². The number of hydrogen-bond donors (Lipinski definition) is 1. The second kappa shape index (κ2) is 6.08. The van der Waals surface area contributed by atoms with Crippen LogP contribution in [0.5, 0.6) is 0 Å². The first-order valence-corrected chi connectivity index (χ1v) is 6.73. The fourth-order valence-corrected chi connectivity index (χ4v) is 2.62. The topological polar surface area (TPSA) is 70.1 Å². The molecule has 0 saturated carbocycles. The number of likely N-dealkylation sites (tertiary alicyclic amines) is 1. The molecule has 1 N–H and O–H groups in total. The van der Waals surface area contributed by atoms with Crippen molar-refractivity contribution in [2.24, 2.45) is 5.92 Å². The molecule has 2 fully saturated rings. The number of morpholine rings is 1. The molecule has 21 heavy (non-hydrogen) atoms. The van der Waals surface area contributed by atoms with Crippen molar-refractivity contribution >= 4 is 12.0 Å². The maximum absolute atomic E-state index is 12.6. The van der Waals surface area contributed by atoms with Gasteiger partial charge in [0.05, 0.1) is 19.1 Å². The highest BCUT2D eigenvalue weighted by molar-refractivity contribution is 5.83. The van der Waals surface area contributed by atoms with Gasteiger partial charge in [0.15, 0.2) is 6.04 Å². The molecular weight excluding hydrogens is 293 g/mol. The van der Waals surface area contributed by atoms with Gasteiger partial charge in [-0.25, -0.2) is 9.59 Å². The lowest BCUT2D eigenvalue weighted by Gasteiger charge is -2.39. The van der Waals surface area contributed by atoms with Crippen molar-refractivity contribution in [3.05, 3.63) is 0 Å². The lowest BCUT2D eigenvalue weighted by molar-refractivity contribution is -0.184. The van der Waals surface area contributed by atoms with Crippen molar-refractivity contribution in [3.8, 4) is 0 Å². The standard InChI is InChI=1S/C12H17F3N2O4/c13-12(14,15)8-1-3-16(4-2-8)11(20)17-5-6-21-7-9(17)10(18)19/h8-9H,1-7H2,(H,18,19). The number of hydrogen-bond acceptors (Lipinski definition) is 3. The second-order valence-electron chi connectivity index (χ2n) is 5.21. The molecule has 0 bridgehead atoms. The first kappa shape index (κ1) is 15.9. The van der Waals surface area contributed by atoms with Crippen LogP contribution < -0.4 is 0 Å². The summed E-state index contributed by atoms with van der Waals surface area (Å²) in [6, 6.07) is -1.60. The Balaban J connectivity index is 1.96. The predicted molar refractivity (Wildman–Crippen MR) is 64.7 cm³/mol. The number of rotatable bonds is 1. The number of carbonyl (C=O) groups is 2. The molecule has 6 nitrogen and oxygen atoms in total. The molecule has 0 aromatic heterocycles. The summed E-state index contributed by atoms with van der Waals surface area (Å²) >= 11 is 0. The van der Waals surface area contributed by atoms with Crippen molar-refractivity contribution in [1.82, 2.24) is 9.80 Å². The zero-order valence-corrected chi connectivity index (χ0v) is 11.3. The van der Waals surface area contributed by atoms with Gasteiger partial charge >= 0.3 is 18.2 Å². The van der Waals surface area contributed by atoms with Crippen molar-refractivity contribution in [2.75, 3.05) is 32.8 Å². The van der Waals surface area contributed by atoms with Crippen LogP contribution in [0.4, 0.5) is 18.0 Å². The minimum Gasteiger partial charge on any atom is -0.480 e. The summed E-state index contributed by atoms with van der Waals surface area (Å²) in [6.45, 7) is 0.253. The van der Waals surface area contributed by atoms with Crippen LogP contribution in [0.1, 0.15) is 12.8 Å². The van der Waals surface area contributed by atoms with Crippen LogP contribution in [-0.4, -0.2) is 72.0 Å². The van der Waals surface area contributed by atoms with E-state index in [0.717, 1.165) is 0 Å². The van der Waals surface area contributed by atoms with E-state index >= 15 is 0 Å². The Morgan fingerprint density at radius 1 is 1.14 bits per heavy atom. The monoisotopic (exact) mass is 310 g/mol. The Morgan fingerprint density at radius 3 is 2.29 bits per heavy atom. The average molecular weight is 310 g/mol. The van der Waals surface area contributed by atoms with E-state index in [2.05, 4.69) is 0 Å². The summed E-state index contributed by atoms with van der Waals surface area (Å²) in [5.41, 5.74) is 0. The molecule has 0 aromatic carbocycles. The first-order chi connectivity index (χ1) is 9.80. The van der Waals surface area contributed by atoms with E-state index in [1.165, 1.54) is 9.80 Å². The van der Waals surface area contributed by atoms with E-state index in [-0.39, 0.29) is 45.7 Å². The summed E-state index contributed by atoms with van der Waals surface area (Å²) in [5, 5.41) is 9.06. The van der Waals surface area contributed by atoms with Gasteiger partial charge in [0.25, 0.3) is 0 Å². The number of amides is 2. The van der Waals surface area contributed by atoms with Crippen LogP contribution in [0.25, 0.3) is 0 Å². The highest BCUT2D eigenvalue weighted by Gasteiger charge is 2.43. The first-order valence-electron chi connectivity index (χ1n) is 6.73. The number of piperidine rings is 1. The van der Waals surface area contributed by atoms with Gasteiger partial charge in [0.2, 0.25) is 0 Å². The van der Waals surface area contributed by atoms with Gasteiger partial charge in [0, 0.05) is 19.6 Å². The fraction of sp³-hybridized carbons (Fsp3) is 0.833. The second-order valence-corrected chi connectivity index (χ2v) is 5.21. The highest BCUT2D eigenvalue weighted by atomic mass is 19.4. The van der Waals surface area contributed by atoms with Gasteiger partial charge in [-0.2, -0.15) is 13.2 Å². The minimum absolute atomic E-state index is 0.00724. The minimum atomic E-state index is -4.24. The number of aliphatic carboxylic acids is 1. The van der Waals surface area contributed by atoms with Gasteiger partial charge in [-0.15, -0.1) is 0 Å². The Labute approximate surface area is 119 Å². The highest BCUT2D eigenvalue weighted by Crippen LogP contribution is 2.34. The van der Waals surface area contributed by atoms with E-state index in [1.807, 2.05) is 0 Å². The number of carboxylic acids is 1. The maximum Gasteiger partial charge on any atom is 0.391 e. The van der Waals surface area contributed by atoms with Gasteiger partial charge in [-0.05, 0) is 12.8 Å². The Bertz CT molecular complexity index is 408. The van der Waals surface area contributed by atoms with E-state index in [0.29, 0.717) is 0 Å². The molecule has 2 aliphatic heterocycles. The summed E-state index contributed by atoms with van der Waals surface area (Å²) < 4.78 is 42.8. The van der Waals surface area contributed by atoms with Crippen molar-refractivity contribution in [3.63, 3.8) is 0 Å². The fourth-order valence-electron chi connectivity index (χ4n) is 2.62. The van der Waals surface area contributed by atoms with Crippen LogP contribution >= 0.6 is 0 Å². The van der Waals surface area contributed by atoms with Crippen LogP contribution in [0.2, 0.25) is 0 Å². The molecule has 1 atom stereocenters. The van der Waals surface area contributed by atoms with Gasteiger partial charge in [0.1, 0.15) is 0 Å². The number of carboxylic acid groups (broad SMARTS) is 1. The maximum atomic E-state index is 12.6. The molecule has 2 amide bonds. The Morgan fingerprint density at radius 2 is 1.76 bits per heavy atom. The molecular formula is C12H17F3N2O4. The van der Waals surface area contributed by atoms with Crippen LogP contribution in [0.15, 0.2) is 0 Å². The number of alkyl halides is 3. The van der Waals surface area contributed by atoms with Gasteiger partial charge < -0.3 is 19.6 Å². The zero-order valence-electron chi connectivity index (χ0n) is 11.3. The number of urea groups is 1. The molecule has 0 aliphatic carbocycles. The molecule has 9 heteroatoms. The molecule has 120 valence electrons. The molecule has 0 radical (unpaired) electrons. The summed E-state index contributed by atoms with van der Waals surface area (Å²) in [4.78, 5) is 25.8.